The third kappa shape index (κ3) is 3.72. The van der Waals surface area contributed by atoms with Crippen LogP contribution >= 0.6 is 0 Å². The predicted octanol–water partition coefficient (Wildman–Crippen LogP) is 2.35. The fourth-order valence-corrected chi connectivity index (χ4v) is 3.42. The molecule has 1 aromatic heterocycles. The highest BCUT2D eigenvalue weighted by atomic mass is 16.7. The summed E-state index contributed by atoms with van der Waals surface area (Å²) in [6.07, 6.45) is 3.29. The summed E-state index contributed by atoms with van der Waals surface area (Å²) in [5.41, 5.74) is 1.09. The molecule has 0 unspecified atom stereocenters. The average molecular weight is 370 g/mol. The minimum atomic E-state index is -0.425. The third-order valence-electron chi connectivity index (χ3n) is 4.86. The molecule has 0 radical (unpaired) electrons. The van der Waals surface area contributed by atoms with Gasteiger partial charge in [0.15, 0.2) is 5.79 Å². The quantitative estimate of drug-likeness (QED) is 0.821. The van der Waals surface area contributed by atoms with Crippen LogP contribution in [0.3, 0.4) is 0 Å². The van der Waals surface area contributed by atoms with Gasteiger partial charge in [-0.1, -0.05) is 12.1 Å². The maximum Gasteiger partial charge on any atom is 0.339 e. The molecule has 2 fully saturated rings. The standard InChI is InChI=1S/C19H22N4O4/c1-25-17(24)14-4-2-3-5-15(14)21-16-6-9-20-18(22-16)23-10-7-19(8-11-23)26-12-13-27-19/h2-6,9H,7-8,10-13H2,1H3,(H,20,21,22). The van der Waals surface area contributed by atoms with E-state index in [-0.39, 0.29) is 0 Å². The van der Waals surface area contributed by atoms with Crippen LogP contribution in [0, 0.1) is 0 Å². The lowest BCUT2D eigenvalue weighted by Crippen LogP contribution is -2.45. The Hall–Kier alpha value is -2.71. The normalized spacial score (nSPS) is 18.5. The van der Waals surface area contributed by atoms with Crippen LogP contribution in [0.2, 0.25) is 0 Å². The van der Waals surface area contributed by atoms with E-state index in [0.29, 0.717) is 36.2 Å². The Balaban J connectivity index is 1.48. The van der Waals surface area contributed by atoms with Crippen molar-refractivity contribution in [1.29, 1.82) is 0 Å². The molecule has 0 bridgehead atoms. The van der Waals surface area contributed by atoms with Crippen LogP contribution in [0.25, 0.3) is 0 Å². The van der Waals surface area contributed by atoms with Crippen molar-refractivity contribution >= 4 is 23.4 Å². The van der Waals surface area contributed by atoms with Gasteiger partial charge in [0, 0.05) is 32.1 Å². The van der Waals surface area contributed by atoms with Crippen molar-refractivity contribution < 1.29 is 19.0 Å². The fourth-order valence-electron chi connectivity index (χ4n) is 3.42. The van der Waals surface area contributed by atoms with E-state index in [9.17, 15) is 4.79 Å². The smallest absolute Gasteiger partial charge is 0.339 e. The van der Waals surface area contributed by atoms with Crippen molar-refractivity contribution in [2.75, 3.05) is 43.6 Å². The van der Waals surface area contributed by atoms with Gasteiger partial charge in [0.05, 0.1) is 31.6 Å². The van der Waals surface area contributed by atoms with Gasteiger partial charge < -0.3 is 24.4 Å². The first-order valence-electron chi connectivity index (χ1n) is 8.99. The van der Waals surface area contributed by atoms with Crippen molar-refractivity contribution in [3.63, 3.8) is 0 Å². The predicted molar refractivity (Wildman–Crippen MR) is 99.2 cm³/mol. The number of carbonyl (C=O) groups is 1. The molecule has 1 aromatic carbocycles. The van der Waals surface area contributed by atoms with Crippen molar-refractivity contribution in [2.45, 2.75) is 18.6 Å². The molecule has 27 heavy (non-hydrogen) atoms. The lowest BCUT2D eigenvalue weighted by atomic mass is 10.0. The monoisotopic (exact) mass is 370 g/mol. The fraction of sp³-hybridized carbons (Fsp3) is 0.421. The number of nitrogens with one attached hydrogen (secondary N) is 1. The molecule has 2 aliphatic rings. The van der Waals surface area contributed by atoms with E-state index in [2.05, 4.69) is 20.2 Å². The summed E-state index contributed by atoms with van der Waals surface area (Å²) in [5, 5.41) is 3.19. The summed E-state index contributed by atoms with van der Waals surface area (Å²) in [6.45, 7) is 2.86. The molecule has 0 amide bonds. The Bertz CT molecular complexity index is 813. The highest BCUT2D eigenvalue weighted by Gasteiger charge is 2.40. The molecule has 2 saturated heterocycles. The number of methoxy groups -OCH3 is 1. The van der Waals surface area contributed by atoms with E-state index in [1.165, 1.54) is 7.11 Å². The van der Waals surface area contributed by atoms with Crippen LogP contribution in [0.15, 0.2) is 36.5 Å². The summed E-state index contributed by atoms with van der Waals surface area (Å²) in [4.78, 5) is 23.1. The molecule has 0 saturated carbocycles. The Morgan fingerprint density at radius 3 is 2.67 bits per heavy atom. The highest BCUT2D eigenvalue weighted by molar-refractivity contribution is 5.96. The molecule has 4 rings (SSSR count). The van der Waals surface area contributed by atoms with Gasteiger partial charge in [0.1, 0.15) is 5.82 Å². The van der Waals surface area contributed by atoms with Gasteiger partial charge in [0.2, 0.25) is 5.95 Å². The molecule has 142 valence electrons. The molecular formula is C19H22N4O4. The summed E-state index contributed by atoms with van der Waals surface area (Å²) < 4.78 is 16.4. The van der Waals surface area contributed by atoms with Crippen molar-refractivity contribution in [2.24, 2.45) is 0 Å². The number of piperidine rings is 1. The summed E-state index contributed by atoms with van der Waals surface area (Å²) in [5.74, 6) is 0.435. The van der Waals surface area contributed by atoms with Gasteiger partial charge in [-0.15, -0.1) is 0 Å². The molecule has 3 heterocycles. The van der Waals surface area contributed by atoms with E-state index in [1.54, 1.807) is 24.4 Å². The van der Waals surface area contributed by atoms with E-state index in [1.807, 2.05) is 12.1 Å². The number of rotatable bonds is 4. The molecule has 2 aromatic rings. The number of nitrogens with zero attached hydrogens (tertiary/aromatic N) is 3. The number of hydrogen-bond donors (Lipinski definition) is 1. The number of esters is 1. The topological polar surface area (TPSA) is 85.8 Å². The van der Waals surface area contributed by atoms with Gasteiger partial charge in [-0.25, -0.2) is 9.78 Å². The van der Waals surface area contributed by atoms with E-state index < -0.39 is 11.8 Å². The van der Waals surface area contributed by atoms with Gasteiger partial charge in [-0.3, -0.25) is 0 Å². The molecule has 8 nitrogen and oxygen atoms in total. The zero-order valence-corrected chi connectivity index (χ0v) is 15.2. The van der Waals surface area contributed by atoms with Crippen LogP contribution in [-0.4, -0.2) is 55.1 Å². The van der Waals surface area contributed by atoms with Crippen LogP contribution < -0.4 is 10.2 Å². The zero-order chi connectivity index (χ0) is 18.7. The summed E-state index contributed by atoms with van der Waals surface area (Å²) in [6, 6.07) is 8.93. The van der Waals surface area contributed by atoms with Crippen LogP contribution in [0.1, 0.15) is 23.2 Å². The molecule has 1 spiro atoms. The highest BCUT2D eigenvalue weighted by Crippen LogP contribution is 2.32. The summed E-state index contributed by atoms with van der Waals surface area (Å²) in [7, 11) is 1.36. The van der Waals surface area contributed by atoms with E-state index >= 15 is 0 Å². The largest absolute Gasteiger partial charge is 0.465 e. The average Bonchev–Trinajstić information content (AvgIpc) is 3.16. The van der Waals surface area contributed by atoms with E-state index in [0.717, 1.165) is 25.9 Å². The molecule has 2 aliphatic heterocycles. The molecule has 0 atom stereocenters. The molecule has 0 aliphatic carbocycles. The number of ether oxygens (including phenoxy) is 3. The maximum atomic E-state index is 11.9. The minimum absolute atomic E-state index is 0.398. The number of hydrogen-bond acceptors (Lipinski definition) is 8. The molecule has 1 N–H and O–H groups in total. The summed E-state index contributed by atoms with van der Waals surface area (Å²) >= 11 is 0. The second kappa shape index (κ2) is 7.50. The second-order valence-electron chi connectivity index (χ2n) is 6.50. The molecule has 8 heteroatoms. The first kappa shape index (κ1) is 17.7. The zero-order valence-electron chi connectivity index (χ0n) is 15.2. The number of anilines is 3. The van der Waals surface area contributed by atoms with Crippen LogP contribution in [0.5, 0.6) is 0 Å². The van der Waals surface area contributed by atoms with Gasteiger partial charge in [-0.2, -0.15) is 4.98 Å². The van der Waals surface area contributed by atoms with Gasteiger partial charge in [-0.05, 0) is 18.2 Å². The van der Waals surface area contributed by atoms with Crippen molar-refractivity contribution in [3.8, 4) is 0 Å². The number of carbonyl (C=O) groups excluding carboxylic acids is 1. The Labute approximate surface area is 157 Å². The van der Waals surface area contributed by atoms with E-state index in [4.69, 9.17) is 14.2 Å². The second-order valence-corrected chi connectivity index (χ2v) is 6.50. The number of para-hydroxylation sites is 1. The van der Waals surface area contributed by atoms with Crippen molar-refractivity contribution in [1.82, 2.24) is 9.97 Å². The Morgan fingerprint density at radius 1 is 1.19 bits per heavy atom. The third-order valence-corrected chi connectivity index (χ3v) is 4.86. The number of aromatic nitrogens is 2. The maximum absolute atomic E-state index is 11.9. The SMILES string of the molecule is COC(=O)c1ccccc1Nc1ccnc(N2CCC3(CC2)OCCO3)n1. The molecular weight excluding hydrogens is 348 g/mol. The van der Waals surface area contributed by atoms with Gasteiger partial charge >= 0.3 is 5.97 Å². The Kier molecular flexibility index (Phi) is 4.91. The number of benzene rings is 1. The van der Waals surface area contributed by atoms with Gasteiger partial charge in [0.25, 0.3) is 0 Å². The Morgan fingerprint density at radius 2 is 1.93 bits per heavy atom. The van der Waals surface area contributed by atoms with Crippen LogP contribution in [-0.2, 0) is 14.2 Å². The first-order valence-corrected chi connectivity index (χ1v) is 8.99. The first-order chi connectivity index (χ1) is 13.2. The van der Waals surface area contributed by atoms with Crippen molar-refractivity contribution in [3.05, 3.63) is 42.1 Å². The minimum Gasteiger partial charge on any atom is -0.465 e. The lowest BCUT2D eigenvalue weighted by molar-refractivity contribution is -0.169. The lowest BCUT2D eigenvalue weighted by Gasteiger charge is -2.37. The van der Waals surface area contributed by atoms with Crippen LogP contribution in [0.4, 0.5) is 17.5 Å².